The van der Waals surface area contributed by atoms with Crippen molar-refractivity contribution in [2.75, 3.05) is 13.1 Å². The maximum Gasteiger partial charge on any atom is 0.261 e. The third kappa shape index (κ3) is 21.3. The number of rotatable bonds is 48. The molecule has 0 fully saturated rings. The monoisotopic (exact) mass is 1330 g/mol. The van der Waals surface area contributed by atoms with Gasteiger partial charge in [-0.15, -0.1) is 45.3 Å². The van der Waals surface area contributed by atoms with Crippen LogP contribution in [-0.4, -0.2) is 44.7 Å². The molecule has 11 heteroatoms. The molecule has 8 rings (SSSR count). The number of unbranched alkanes of at least 4 members (excludes halogenated alkanes) is 32. The number of thiazole rings is 2. The fourth-order valence-corrected chi connectivity index (χ4v) is 18.2. The highest BCUT2D eigenvalue weighted by molar-refractivity contribution is 9.11. The number of carbonyl (C=O) groups is 2. The highest BCUT2D eigenvalue weighted by atomic mass is 79.9. The van der Waals surface area contributed by atoms with Crippen molar-refractivity contribution in [3.63, 3.8) is 0 Å². The lowest BCUT2D eigenvalue weighted by molar-refractivity contribution is -0.124. The van der Waals surface area contributed by atoms with Crippen molar-refractivity contribution in [3.8, 4) is 19.8 Å². The lowest BCUT2D eigenvalue weighted by atomic mass is 9.92. The average molecular weight is 1330 g/mol. The number of hydrogen-bond donors (Lipinski definition) is 0. The lowest BCUT2D eigenvalue weighted by Crippen LogP contribution is -2.35. The number of halogens is 1. The molecule has 0 aliphatic carbocycles. The zero-order chi connectivity index (χ0) is 61.7. The number of thiophene rings is 2. The first-order valence-electron chi connectivity index (χ1n) is 36.0. The van der Waals surface area contributed by atoms with Crippen LogP contribution in [0.4, 0.5) is 0 Å². The molecule has 2 aliphatic rings. The number of aromatic nitrogens is 2. The molecule has 2 aromatic carbocycles. The number of benzene rings is 2. The zero-order valence-electron chi connectivity index (χ0n) is 55.2. The topological polar surface area (TPSA) is 66.4 Å². The molecule has 0 spiro atoms. The van der Waals surface area contributed by atoms with Gasteiger partial charge in [0.25, 0.3) is 11.8 Å². The summed E-state index contributed by atoms with van der Waals surface area (Å²) in [4.78, 5) is 50.9. The zero-order valence-corrected chi connectivity index (χ0v) is 60.1. The predicted octanol–water partition coefficient (Wildman–Crippen LogP) is 26.2. The first-order chi connectivity index (χ1) is 43.2. The number of aryl methyl sites for hydroxylation is 1. The summed E-state index contributed by atoms with van der Waals surface area (Å²) < 4.78 is 3.25. The van der Waals surface area contributed by atoms with Crippen molar-refractivity contribution in [3.05, 3.63) is 91.6 Å². The smallest absolute Gasteiger partial charge is 0.261 e. The van der Waals surface area contributed by atoms with Crippen LogP contribution in [0.2, 0.25) is 0 Å². The molecule has 6 heterocycles. The van der Waals surface area contributed by atoms with Crippen LogP contribution >= 0.6 is 61.3 Å². The minimum Gasteiger partial charge on any atom is -0.307 e. The second kappa shape index (κ2) is 39.2. The molecule has 2 amide bonds. The quantitative estimate of drug-likeness (QED) is 0.0357. The van der Waals surface area contributed by atoms with Crippen LogP contribution in [0, 0.1) is 18.8 Å². The van der Waals surface area contributed by atoms with Gasteiger partial charge in [-0.05, 0) is 109 Å². The number of hydrogen-bond acceptors (Lipinski definition) is 8. The molecule has 2 unspecified atom stereocenters. The van der Waals surface area contributed by atoms with Crippen LogP contribution in [0.25, 0.3) is 51.6 Å². The van der Waals surface area contributed by atoms with Crippen molar-refractivity contribution in [2.24, 2.45) is 11.8 Å². The SMILES string of the molecule is CCCCCCCCCCCCC(CCCCCCCCCC)CN1C(=O)C2=C(c3ccc4nc(-c5ccc(Br)s5)sc4c3)N(CC(CCCCCCCCCC)CCCCCCCCCCCC)C(=O)C2=C1c1ccc2nc(-c3ccc(C)s3)sc2c1. The lowest BCUT2D eigenvalue weighted by Gasteiger charge is -2.30. The summed E-state index contributed by atoms with van der Waals surface area (Å²) in [5.41, 5.74) is 6.66. The minimum atomic E-state index is 0.00171. The third-order valence-corrected chi connectivity index (χ3v) is 24.0. The van der Waals surface area contributed by atoms with Gasteiger partial charge in [0.15, 0.2) is 0 Å². The Morgan fingerprint density at radius 1 is 0.386 bits per heavy atom. The minimum absolute atomic E-state index is 0.00171. The number of nitrogens with zero attached hydrogens (tertiary/aromatic N) is 4. The van der Waals surface area contributed by atoms with Crippen LogP contribution in [0.1, 0.15) is 301 Å². The van der Waals surface area contributed by atoms with E-state index in [-0.39, 0.29) is 11.8 Å². The maximum absolute atomic E-state index is 16.4. The summed E-state index contributed by atoms with van der Waals surface area (Å²) in [6.07, 6.45) is 51.3. The molecule has 482 valence electrons. The van der Waals surface area contributed by atoms with E-state index in [9.17, 15) is 0 Å². The first kappa shape index (κ1) is 70.4. The first-order valence-corrected chi connectivity index (χ1v) is 40.0. The Hall–Kier alpha value is -3.48. The van der Waals surface area contributed by atoms with E-state index >= 15 is 9.59 Å². The van der Waals surface area contributed by atoms with E-state index in [4.69, 9.17) is 9.97 Å². The molecule has 0 saturated carbocycles. The highest BCUT2D eigenvalue weighted by Crippen LogP contribution is 2.50. The molecule has 0 radical (unpaired) electrons. The molecule has 0 bridgehead atoms. The van der Waals surface area contributed by atoms with Crippen LogP contribution in [0.15, 0.2) is 75.6 Å². The number of amides is 2. The molecular weight excluding hydrogens is 1220 g/mol. The van der Waals surface area contributed by atoms with Gasteiger partial charge in [-0.3, -0.25) is 9.59 Å². The second-order valence-corrected chi connectivity index (χ2v) is 32.2. The van der Waals surface area contributed by atoms with E-state index in [0.717, 1.165) is 87.3 Å². The molecule has 6 nitrogen and oxygen atoms in total. The van der Waals surface area contributed by atoms with Gasteiger partial charge in [0, 0.05) is 29.1 Å². The molecule has 2 atom stereocenters. The molecule has 0 saturated heterocycles. The van der Waals surface area contributed by atoms with Crippen molar-refractivity contribution in [1.29, 1.82) is 0 Å². The van der Waals surface area contributed by atoms with Crippen LogP contribution < -0.4 is 0 Å². The van der Waals surface area contributed by atoms with Gasteiger partial charge >= 0.3 is 0 Å². The Kier molecular flexibility index (Phi) is 31.3. The molecule has 4 aromatic heterocycles. The predicted molar refractivity (Wildman–Crippen MR) is 390 cm³/mol. The molecule has 88 heavy (non-hydrogen) atoms. The molecular formula is C77H111BrN4O2S4. The maximum atomic E-state index is 16.4. The van der Waals surface area contributed by atoms with Crippen molar-refractivity contribution < 1.29 is 9.59 Å². The Labute approximate surface area is 557 Å². The molecule has 0 N–H and O–H groups in total. The largest absolute Gasteiger partial charge is 0.307 e. The Morgan fingerprint density at radius 2 is 0.705 bits per heavy atom. The second-order valence-electron chi connectivity index (χ2n) is 26.4. The van der Waals surface area contributed by atoms with Gasteiger partial charge < -0.3 is 9.80 Å². The summed E-state index contributed by atoms with van der Waals surface area (Å²) >= 11 is 10.6. The fraction of sp³-hybridized carbons (Fsp3) is 0.636. The van der Waals surface area contributed by atoms with Crippen LogP contribution in [0.3, 0.4) is 0 Å². The summed E-state index contributed by atoms with van der Waals surface area (Å²) in [5, 5.41) is 2.02. The summed E-state index contributed by atoms with van der Waals surface area (Å²) in [5.74, 6) is 0.678. The Morgan fingerprint density at radius 3 is 1.01 bits per heavy atom. The third-order valence-electron chi connectivity index (χ3n) is 19.0. The number of carbonyl (C=O) groups excluding carboxylic acids is 2. The van der Waals surface area contributed by atoms with E-state index in [0.29, 0.717) is 36.1 Å². The van der Waals surface area contributed by atoms with E-state index in [1.54, 1.807) is 45.3 Å². The van der Waals surface area contributed by atoms with Crippen molar-refractivity contribution >= 4 is 105 Å². The van der Waals surface area contributed by atoms with Crippen LogP contribution in [0.5, 0.6) is 0 Å². The highest BCUT2D eigenvalue weighted by Gasteiger charge is 2.49. The van der Waals surface area contributed by atoms with Gasteiger partial charge in [0.2, 0.25) is 0 Å². The van der Waals surface area contributed by atoms with Gasteiger partial charge in [-0.25, -0.2) is 9.97 Å². The number of fused-ring (bicyclic) bond motifs is 3. The Bertz CT molecular complexity index is 2880. The summed E-state index contributed by atoms with van der Waals surface area (Å²) in [6, 6.07) is 21.8. The van der Waals surface area contributed by atoms with Crippen LogP contribution in [-0.2, 0) is 9.59 Å². The standard InChI is InChI=1S/C77H111BrN4O2S4/c1-6-10-14-18-22-26-28-32-36-40-44-59(42-38-34-30-24-20-16-12-8-3)56-81-72(61-47-49-63-67(54-61)87-74(79-63)65-51-46-58(5)85-65)70-71(77(81)84)73(62-48-50-64-68(55-62)88-75(80-64)66-52-53-69(78)86-66)82(76(70)83)57-60(43-39-35-31-25-21-17-13-9-4)45-41-37-33-29-27-23-19-15-11-7-2/h46-55,59-60H,6-45,56-57H2,1-5H3. The Balaban J connectivity index is 1.15. The summed E-state index contributed by atoms with van der Waals surface area (Å²) in [7, 11) is 0. The van der Waals surface area contributed by atoms with Gasteiger partial charge in [-0.2, -0.15) is 0 Å². The van der Waals surface area contributed by atoms with E-state index in [2.05, 4.69) is 121 Å². The molecule has 6 aromatic rings. The van der Waals surface area contributed by atoms with Gasteiger partial charge in [0.05, 0.1) is 56.5 Å². The van der Waals surface area contributed by atoms with E-state index in [1.165, 1.54) is 241 Å². The van der Waals surface area contributed by atoms with Crippen molar-refractivity contribution in [1.82, 2.24) is 19.8 Å². The average Bonchev–Trinajstić information content (AvgIpc) is 1.79. The van der Waals surface area contributed by atoms with E-state index < -0.39 is 0 Å². The summed E-state index contributed by atoms with van der Waals surface area (Å²) in [6.45, 7) is 12.6. The fourth-order valence-electron chi connectivity index (χ4n) is 13.8. The van der Waals surface area contributed by atoms with Gasteiger partial charge in [-0.1, -0.05) is 271 Å². The van der Waals surface area contributed by atoms with Crippen molar-refractivity contribution in [2.45, 2.75) is 291 Å². The van der Waals surface area contributed by atoms with Gasteiger partial charge in [0.1, 0.15) is 10.0 Å². The van der Waals surface area contributed by atoms with E-state index in [1.807, 2.05) is 0 Å². The molecule has 2 aliphatic heterocycles. The normalized spacial score (nSPS) is 14.4.